The standard InChI is InChI=1S/C24H30N6O2.HI/c1-17(19-9-5-4-6-10-19)27-24(26-16-22-29-28-18(2)30(22)3)25-15-20-11-7-12-21-23(20)32-14-8-13-31-21;/h4-7,9-12,17H,8,13-16H2,1-3H3,(H2,25,26,27);1H. The summed E-state index contributed by atoms with van der Waals surface area (Å²) in [4.78, 5) is 4.85. The van der Waals surface area contributed by atoms with Crippen molar-refractivity contribution >= 4 is 29.9 Å². The molecule has 33 heavy (non-hydrogen) atoms. The summed E-state index contributed by atoms with van der Waals surface area (Å²) in [6.07, 6.45) is 0.872. The van der Waals surface area contributed by atoms with Crippen LogP contribution in [0.15, 0.2) is 53.5 Å². The van der Waals surface area contributed by atoms with Crippen molar-refractivity contribution in [2.45, 2.75) is 39.4 Å². The summed E-state index contributed by atoms with van der Waals surface area (Å²) in [5, 5.41) is 15.3. The second-order valence-electron chi connectivity index (χ2n) is 7.81. The molecule has 1 aliphatic rings. The van der Waals surface area contributed by atoms with E-state index >= 15 is 0 Å². The van der Waals surface area contributed by atoms with Gasteiger partial charge in [0.15, 0.2) is 23.3 Å². The Hall–Kier alpha value is -2.82. The van der Waals surface area contributed by atoms with Crippen LogP contribution < -0.4 is 20.1 Å². The number of guanidine groups is 1. The molecule has 8 nitrogen and oxygen atoms in total. The number of hydrogen-bond acceptors (Lipinski definition) is 5. The molecule has 0 radical (unpaired) electrons. The lowest BCUT2D eigenvalue weighted by Crippen LogP contribution is -2.39. The number of rotatable bonds is 6. The molecule has 0 amide bonds. The Labute approximate surface area is 211 Å². The van der Waals surface area contributed by atoms with Gasteiger partial charge in [-0.3, -0.25) is 0 Å². The Morgan fingerprint density at radius 3 is 2.64 bits per heavy atom. The van der Waals surface area contributed by atoms with Gasteiger partial charge in [0.05, 0.1) is 32.3 Å². The van der Waals surface area contributed by atoms with E-state index in [2.05, 4.69) is 39.9 Å². The number of fused-ring (bicyclic) bond motifs is 1. The Bertz CT molecular complexity index is 1070. The molecule has 1 aliphatic heterocycles. The maximum Gasteiger partial charge on any atom is 0.192 e. The number of para-hydroxylation sites is 1. The molecule has 1 unspecified atom stereocenters. The first kappa shape index (κ1) is 24.8. The average molecular weight is 562 g/mol. The van der Waals surface area contributed by atoms with Crippen LogP contribution in [0.5, 0.6) is 11.5 Å². The van der Waals surface area contributed by atoms with Crippen molar-refractivity contribution in [1.29, 1.82) is 0 Å². The third-order valence-electron chi connectivity index (χ3n) is 5.51. The highest BCUT2D eigenvalue weighted by Crippen LogP contribution is 2.33. The Kier molecular flexibility index (Phi) is 8.93. The summed E-state index contributed by atoms with van der Waals surface area (Å²) >= 11 is 0. The molecule has 0 saturated heterocycles. The fraction of sp³-hybridized carbons (Fsp3) is 0.375. The van der Waals surface area contributed by atoms with Crippen LogP contribution in [0.25, 0.3) is 0 Å². The first-order valence-electron chi connectivity index (χ1n) is 10.9. The number of ether oxygens (including phenoxy) is 2. The van der Waals surface area contributed by atoms with Gasteiger partial charge in [0.25, 0.3) is 0 Å². The molecule has 176 valence electrons. The van der Waals surface area contributed by atoms with Crippen LogP contribution in [-0.4, -0.2) is 33.9 Å². The second-order valence-corrected chi connectivity index (χ2v) is 7.81. The molecule has 1 atom stereocenters. The molecule has 0 fully saturated rings. The van der Waals surface area contributed by atoms with Gasteiger partial charge >= 0.3 is 0 Å². The molecular formula is C24H31IN6O2. The topological polar surface area (TPSA) is 85.6 Å². The molecular weight excluding hydrogens is 531 g/mol. The molecule has 0 bridgehead atoms. The van der Waals surface area contributed by atoms with Crippen molar-refractivity contribution in [2.24, 2.45) is 12.0 Å². The van der Waals surface area contributed by atoms with Gasteiger partial charge in [0.1, 0.15) is 5.82 Å². The molecule has 2 aromatic carbocycles. The molecule has 9 heteroatoms. The van der Waals surface area contributed by atoms with E-state index in [0.717, 1.165) is 35.1 Å². The van der Waals surface area contributed by atoms with Crippen LogP contribution in [0, 0.1) is 6.92 Å². The summed E-state index contributed by atoms with van der Waals surface area (Å²) in [6, 6.07) is 16.3. The minimum Gasteiger partial charge on any atom is -0.490 e. The number of nitrogens with zero attached hydrogens (tertiary/aromatic N) is 4. The van der Waals surface area contributed by atoms with E-state index in [4.69, 9.17) is 14.5 Å². The molecule has 1 aromatic heterocycles. The molecule has 4 rings (SSSR count). The number of nitrogens with one attached hydrogen (secondary N) is 2. The smallest absolute Gasteiger partial charge is 0.192 e. The van der Waals surface area contributed by atoms with Gasteiger partial charge in [-0.05, 0) is 25.5 Å². The minimum atomic E-state index is 0. The quantitative estimate of drug-likeness (QED) is 0.270. The van der Waals surface area contributed by atoms with E-state index in [1.807, 2.05) is 54.9 Å². The molecule has 3 aromatic rings. The van der Waals surface area contributed by atoms with E-state index in [1.54, 1.807) is 0 Å². The lowest BCUT2D eigenvalue weighted by Gasteiger charge is -2.19. The van der Waals surface area contributed by atoms with Crippen molar-refractivity contribution in [2.75, 3.05) is 13.2 Å². The number of hydrogen-bond donors (Lipinski definition) is 2. The van der Waals surface area contributed by atoms with Gasteiger partial charge in [-0.2, -0.15) is 0 Å². The van der Waals surface area contributed by atoms with Crippen LogP contribution in [0.1, 0.15) is 42.2 Å². The normalized spacial score (nSPS) is 14.1. The Morgan fingerprint density at radius 1 is 1.09 bits per heavy atom. The van der Waals surface area contributed by atoms with Crippen LogP contribution in [-0.2, 0) is 20.1 Å². The highest BCUT2D eigenvalue weighted by molar-refractivity contribution is 14.0. The minimum absolute atomic E-state index is 0. The van der Waals surface area contributed by atoms with Crippen molar-refractivity contribution < 1.29 is 9.47 Å². The van der Waals surface area contributed by atoms with Crippen molar-refractivity contribution in [3.05, 3.63) is 71.3 Å². The lowest BCUT2D eigenvalue weighted by atomic mass is 10.1. The SMILES string of the molecule is Cc1nnc(CNC(=NCc2cccc3c2OCCCO3)NC(C)c2ccccc2)n1C.I. The fourth-order valence-electron chi connectivity index (χ4n) is 3.49. The first-order valence-corrected chi connectivity index (χ1v) is 10.9. The van der Waals surface area contributed by atoms with Gasteiger partial charge in [0.2, 0.25) is 0 Å². The fourth-order valence-corrected chi connectivity index (χ4v) is 3.49. The van der Waals surface area contributed by atoms with Gasteiger partial charge in [-0.15, -0.1) is 34.2 Å². The predicted molar refractivity (Wildman–Crippen MR) is 139 cm³/mol. The number of benzene rings is 2. The number of halogens is 1. The molecule has 2 heterocycles. The monoisotopic (exact) mass is 562 g/mol. The average Bonchev–Trinajstić information content (AvgIpc) is 3.00. The van der Waals surface area contributed by atoms with Gasteiger partial charge in [-0.1, -0.05) is 42.5 Å². The van der Waals surface area contributed by atoms with Gasteiger partial charge in [0, 0.05) is 19.0 Å². The summed E-state index contributed by atoms with van der Waals surface area (Å²) < 4.78 is 13.7. The summed E-state index contributed by atoms with van der Waals surface area (Å²) in [5.41, 5.74) is 2.18. The zero-order valence-electron chi connectivity index (χ0n) is 19.2. The summed E-state index contributed by atoms with van der Waals surface area (Å²) in [7, 11) is 1.96. The Morgan fingerprint density at radius 2 is 1.88 bits per heavy atom. The van der Waals surface area contributed by atoms with E-state index in [9.17, 15) is 0 Å². The number of aliphatic imine (C=N–C) groups is 1. The molecule has 0 saturated carbocycles. The van der Waals surface area contributed by atoms with Gasteiger partial charge < -0.3 is 24.7 Å². The van der Waals surface area contributed by atoms with E-state index in [1.165, 1.54) is 5.56 Å². The maximum absolute atomic E-state index is 5.95. The van der Waals surface area contributed by atoms with Crippen LogP contribution in [0.2, 0.25) is 0 Å². The highest BCUT2D eigenvalue weighted by Gasteiger charge is 2.15. The summed E-state index contributed by atoms with van der Waals surface area (Å²) in [5.74, 6) is 3.97. The third-order valence-corrected chi connectivity index (χ3v) is 5.51. The zero-order valence-corrected chi connectivity index (χ0v) is 21.6. The molecule has 0 aliphatic carbocycles. The van der Waals surface area contributed by atoms with Crippen LogP contribution in [0.4, 0.5) is 0 Å². The number of aryl methyl sites for hydroxylation is 1. The van der Waals surface area contributed by atoms with Crippen molar-refractivity contribution in [1.82, 2.24) is 25.4 Å². The van der Waals surface area contributed by atoms with Crippen LogP contribution in [0.3, 0.4) is 0 Å². The summed E-state index contributed by atoms with van der Waals surface area (Å²) in [6.45, 7) is 6.33. The number of aromatic nitrogens is 3. The molecule has 0 spiro atoms. The second kappa shape index (κ2) is 11.9. The van der Waals surface area contributed by atoms with Crippen molar-refractivity contribution in [3.8, 4) is 11.5 Å². The van der Waals surface area contributed by atoms with E-state index in [-0.39, 0.29) is 30.0 Å². The van der Waals surface area contributed by atoms with Gasteiger partial charge in [-0.25, -0.2) is 4.99 Å². The maximum atomic E-state index is 5.95. The van der Waals surface area contributed by atoms with E-state index in [0.29, 0.717) is 32.3 Å². The molecule has 2 N–H and O–H groups in total. The third kappa shape index (κ3) is 6.37. The largest absolute Gasteiger partial charge is 0.490 e. The zero-order chi connectivity index (χ0) is 22.3. The lowest BCUT2D eigenvalue weighted by molar-refractivity contribution is 0.296. The van der Waals surface area contributed by atoms with Crippen LogP contribution >= 0.6 is 24.0 Å². The van der Waals surface area contributed by atoms with Crippen molar-refractivity contribution in [3.63, 3.8) is 0 Å². The Balaban J connectivity index is 0.00000306. The first-order chi connectivity index (χ1) is 15.6. The highest BCUT2D eigenvalue weighted by atomic mass is 127. The van der Waals surface area contributed by atoms with E-state index < -0.39 is 0 Å². The predicted octanol–water partition coefficient (Wildman–Crippen LogP) is 3.90.